The molecule has 0 radical (unpaired) electrons. The largest absolute Gasteiger partial charge is 0.480 e. The summed E-state index contributed by atoms with van der Waals surface area (Å²) in [5.74, 6) is 0.00885. The number of hydrogen-bond donors (Lipinski definition) is 2. The molecular formula is C12H20N2O4S. The number of aliphatic carboxylic acids is 1. The van der Waals surface area contributed by atoms with Gasteiger partial charge in [0.1, 0.15) is 6.04 Å². The average molecular weight is 288 g/mol. The number of urea groups is 1. The predicted octanol–water partition coefficient (Wildman–Crippen LogP) is 0.969. The van der Waals surface area contributed by atoms with Crippen molar-refractivity contribution >= 4 is 23.8 Å². The zero-order valence-corrected chi connectivity index (χ0v) is 12.0. The van der Waals surface area contributed by atoms with E-state index in [4.69, 9.17) is 4.74 Å². The van der Waals surface area contributed by atoms with E-state index >= 15 is 0 Å². The molecule has 2 aliphatic rings. The Morgan fingerprint density at radius 2 is 2.21 bits per heavy atom. The van der Waals surface area contributed by atoms with Crippen LogP contribution in [0.5, 0.6) is 0 Å². The molecular weight excluding hydrogens is 268 g/mol. The molecule has 0 aromatic carbocycles. The monoisotopic (exact) mass is 288 g/mol. The van der Waals surface area contributed by atoms with Crippen molar-refractivity contribution in [1.29, 1.82) is 0 Å². The van der Waals surface area contributed by atoms with Crippen LogP contribution in [-0.4, -0.2) is 58.9 Å². The SMILES string of the molecule is COC(C)CNC(=O)N1C(C(=O)O)CSC1C1CC1. The number of ether oxygens (including phenoxy) is 1. The third-order valence-electron chi connectivity index (χ3n) is 3.52. The molecule has 0 aromatic rings. The van der Waals surface area contributed by atoms with Crippen molar-refractivity contribution in [2.24, 2.45) is 5.92 Å². The summed E-state index contributed by atoms with van der Waals surface area (Å²) < 4.78 is 5.07. The summed E-state index contributed by atoms with van der Waals surface area (Å²) in [4.78, 5) is 25.0. The highest BCUT2D eigenvalue weighted by molar-refractivity contribution is 8.00. The zero-order valence-electron chi connectivity index (χ0n) is 11.2. The maximum absolute atomic E-state index is 12.2. The van der Waals surface area contributed by atoms with Crippen LogP contribution < -0.4 is 5.32 Å². The molecule has 0 aromatic heterocycles. The van der Waals surface area contributed by atoms with Crippen molar-refractivity contribution in [2.45, 2.75) is 37.3 Å². The number of carboxylic acid groups (broad SMARTS) is 1. The number of carbonyl (C=O) groups is 2. The van der Waals surface area contributed by atoms with Crippen molar-refractivity contribution in [3.8, 4) is 0 Å². The molecule has 2 rings (SSSR count). The number of carbonyl (C=O) groups excluding carboxylic acids is 1. The zero-order chi connectivity index (χ0) is 14.0. The van der Waals surface area contributed by atoms with Gasteiger partial charge in [-0.1, -0.05) is 0 Å². The maximum Gasteiger partial charge on any atom is 0.327 e. The minimum Gasteiger partial charge on any atom is -0.480 e. The second-order valence-corrected chi connectivity index (χ2v) is 6.20. The molecule has 2 amide bonds. The van der Waals surface area contributed by atoms with Gasteiger partial charge >= 0.3 is 12.0 Å². The van der Waals surface area contributed by atoms with Crippen LogP contribution in [0.15, 0.2) is 0 Å². The molecule has 7 heteroatoms. The molecule has 0 spiro atoms. The molecule has 3 unspecified atom stereocenters. The lowest BCUT2D eigenvalue weighted by Crippen LogP contribution is -2.51. The van der Waals surface area contributed by atoms with Crippen molar-refractivity contribution in [3.05, 3.63) is 0 Å². The van der Waals surface area contributed by atoms with Gasteiger partial charge in [0.15, 0.2) is 0 Å². The van der Waals surface area contributed by atoms with E-state index in [9.17, 15) is 14.7 Å². The summed E-state index contributed by atoms with van der Waals surface area (Å²) in [6.07, 6.45) is 2.09. The van der Waals surface area contributed by atoms with Crippen LogP contribution in [0, 0.1) is 5.92 Å². The van der Waals surface area contributed by atoms with E-state index in [0.29, 0.717) is 18.2 Å². The highest BCUT2D eigenvalue weighted by Gasteiger charge is 2.48. The van der Waals surface area contributed by atoms with E-state index < -0.39 is 12.0 Å². The third kappa shape index (κ3) is 3.33. The van der Waals surface area contributed by atoms with E-state index in [0.717, 1.165) is 12.8 Å². The minimum absolute atomic E-state index is 0.0129. The lowest BCUT2D eigenvalue weighted by Gasteiger charge is -2.28. The predicted molar refractivity (Wildman–Crippen MR) is 72.1 cm³/mol. The second-order valence-electron chi connectivity index (χ2n) is 5.06. The Morgan fingerprint density at radius 3 is 2.74 bits per heavy atom. The lowest BCUT2D eigenvalue weighted by molar-refractivity contribution is -0.141. The Kier molecular flexibility index (Phi) is 4.57. The fourth-order valence-electron chi connectivity index (χ4n) is 2.13. The first-order valence-electron chi connectivity index (χ1n) is 6.48. The van der Waals surface area contributed by atoms with Gasteiger partial charge in [-0.3, -0.25) is 4.90 Å². The molecule has 19 heavy (non-hydrogen) atoms. The first-order chi connectivity index (χ1) is 9.04. The number of hydrogen-bond acceptors (Lipinski definition) is 4. The number of thioether (sulfide) groups is 1. The van der Waals surface area contributed by atoms with E-state index in [1.807, 2.05) is 6.92 Å². The smallest absolute Gasteiger partial charge is 0.327 e. The van der Waals surface area contributed by atoms with Crippen LogP contribution in [0.1, 0.15) is 19.8 Å². The number of rotatable bonds is 5. The molecule has 3 atom stereocenters. The molecule has 1 aliphatic heterocycles. The molecule has 1 saturated heterocycles. The van der Waals surface area contributed by atoms with Crippen LogP contribution >= 0.6 is 11.8 Å². The van der Waals surface area contributed by atoms with Crippen LogP contribution in [0.25, 0.3) is 0 Å². The maximum atomic E-state index is 12.2. The Bertz CT molecular complexity index is 362. The molecule has 108 valence electrons. The summed E-state index contributed by atoms with van der Waals surface area (Å²) in [7, 11) is 1.58. The van der Waals surface area contributed by atoms with Gasteiger partial charge in [0.25, 0.3) is 0 Å². The van der Waals surface area contributed by atoms with E-state index in [2.05, 4.69) is 5.32 Å². The number of methoxy groups -OCH3 is 1. The molecule has 6 nitrogen and oxygen atoms in total. The van der Waals surface area contributed by atoms with Gasteiger partial charge in [0.2, 0.25) is 0 Å². The number of nitrogens with zero attached hydrogens (tertiary/aromatic N) is 1. The van der Waals surface area contributed by atoms with Crippen LogP contribution in [0.3, 0.4) is 0 Å². The molecule has 1 heterocycles. The van der Waals surface area contributed by atoms with E-state index in [-0.39, 0.29) is 17.5 Å². The normalized spacial score (nSPS) is 28.2. The number of amides is 2. The summed E-state index contributed by atoms with van der Waals surface area (Å²) in [5, 5.41) is 12.0. The van der Waals surface area contributed by atoms with Gasteiger partial charge in [-0.05, 0) is 25.7 Å². The summed E-state index contributed by atoms with van der Waals surface area (Å²) in [5.41, 5.74) is 0. The first-order valence-corrected chi connectivity index (χ1v) is 7.52. The molecule has 2 fully saturated rings. The highest BCUT2D eigenvalue weighted by Crippen LogP contribution is 2.45. The van der Waals surface area contributed by atoms with E-state index in [1.165, 1.54) is 4.90 Å². The van der Waals surface area contributed by atoms with Gasteiger partial charge in [-0.2, -0.15) is 0 Å². The lowest BCUT2D eigenvalue weighted by atomic mass is 10.2. The number of carboxylic acids is 1. The van der Waals surface area contributed by atoms with Crippen molar-refractivity contribution in [2.75, 3.05) is 19.4 Å². The van der Waals surface area contributed by atoms with Gasteiger partial charge in [-0.25, -0.2) is 9.59 Å². The standard InChI is InChI=1S/C12H20N2O4S/c1-7(18-2)5-13-12(17)14-9(11(15)16)6-19-10(14)8-3-4-8/h7-10H,3-6H2,1-2H3,(H,13,17)(H,15,16). The van der Waals surface area contributed by atoms with Crippen molar-refractivity contribution in [3.63, 3.8) is 0 Å². The Morgan fingerprint density at radius 1 is 1.53 bits per heavy atom. The summed E-state index contributed by atoms with van der Waals surface area (Å²) in [6.45, 7) is 2.24. The summed E-state index contributed by atoms with van der Waals surface area (Å²) >= 11 is 1.58. The van der Waals surface area contributed by atoms with Crippen molar-refractivity contribution in [1.82, 2.24) is 10.2 Å². The van der Waals surface area contributed by atoms with Crippen LogP contribution in [0.2, 0.25) is 0 Å². The molecule has 0 bridgehead atoms. The Hall–Kier alpha value is -0.950. The quantitative estimate of drug-likeness (QED) is 0.788. The number of nitrogens with one attached hydrogen (secondary N) is 1. The fraction of sp³-hybridized carbons (Fsp3) is 0.833. The van der Waals surface area contributed by atoms with E-state index in [1.54, 1.807) is 18.9 Å². The Balaban J connectivity index is 1.99. The van der Waals surface area contributed by atoms with Gasteiger partial charge in [0, 0.05) is 19.4 Å². The van der Waals surface area contributed by atoms with Gasteiger partial charge < -0.3 is 15.2 Å². The highest BCUT2D eigenvalue weighted by atomic mass is 32.2. The molecule has 1 saturated carbocycles. The van der Waals surface area contributed by atoms with Gasteiger partial charge in [-0.15, -0.1) is 11.8 Å². The minimum atomic E-state index is -0.925. The second kappa shape index (κ2) is 6.00. The van der Waals surface area contributed by atoms with Crippen molar-refractivity contribution < 1.29 is 19.4 Å². The summed E-state index contributed by atoms with van der Waals surface area (Å²) in [6, 6.07) is -1.01. The van der Waals surface area contributed by atoms with Gasteiger partial charge in [0.05, 0.1) is 11.5 Å². The third-order valence-corrected chi connectivity index (χ3v) is 4.98. The fourth-order valence-corrected chi connectivity index (χ4v) is 3.76. The van der Waals surface area contributed by atoms with Crippen LogP contribution in [0.4, 0.5) is 4.79 Å². The first kappa shape index (κ1) is 14.5. The molecule has 1 aliphatic carbocycles. The molecule has 2 N–H and O–H groups in total. The Labute approximate surface area is 116 Å². The topological polar surface area (TPSA) is 78.9 Å². The van der Waals surface area contributed by atoms with Crippen LogP contribution in [-0.2, 0) is 9.53 Å². The average Bonchev–Trinajstić information content (AvgIpc) is 3.13.